The molecule has 6 heteroatoms. The highest BCUT2D eigenvalue weighted by atomic mass is 16.5. The Balaban J connectivity index is 2.22. The fourth-order valence-electron chi connectivity index (χ4n) is 1.85. The summed E-state index contributed by atoms with van der Waals surface area (Å²) in [7, 11) is 1.35. The molecule has 1 aliphatic rings. The Morgan fingerprint density at radius 2 is 2.33 bits per heavy atom. The summed E-state index contributed by atoms with van der Waals surface area (Å²) in [5.74, 6) is 1.18. The summed E-state index contributed by atoms with van der Waals surface area (Å²) in [5.41, 5.74) is 6.30. The van der Waals surface area contributed by atoms with Gasteiger partial charge in [-0.1, -0.05) is 6.92 Å². The van der Waals surface area contributed by atoms with E-state index >= 15 is 0 Å². The number of nitrogens with two attached hydrogens (primary N) is 1. The normalized spacial score (nSPS) is 14.6. The molecule has 1 fully saturated rings. The van der Waals surface area contributed by atoms with Gasteiger partial charge in [0.25, 0.3) is 0 Å². The number of carbonyl (C=O) groups is 1. The van der Waals surface area contributed by atoms with Crippen molar-refractivity contribution in [3.8, 4) is 0 Å². The summed E-state index contributed by atoms with van der Waals surface area (Å²) in [6.45, 7) is 3.57. The van der Waals surface area contributed by atoms with Gasteiger partial charge in [-0.15, -0.1) is 0 Å². The molecule has 6 nitrogen and oxygen atoms in total. The first-order valence-electron chi connectivity index (χ1n) is 6.35. The lowest BCUT2D eigenvalue weighted by atomic mass is 10.3. The number of carbonyl (C=O) groups excluding carboxylic acids is 1. The molecule has 1 aromatic heterocycles. The van der Waals surface area contributed by atoms with Crippen LogP contribution < -0.4 is 11.1 Å². The number of esters is 1. The van der Waals surface area contributed by atoms with E-state index in [1.165, 1.54) is 20.0 Å². The third kappa shape index (κ3) is 2.57. The second-order valence-corrected chi connectivity index (χ2v) is 4.65. The number of anilines is 2. The molecule has 0 aromatic carbocycles. The molecule has 0 saturated heterocycles. The van der Waals surface area contributed by atoms with Crippen LogP contribution >= 0.6 is 0 Å². The molecular weight excluding hydrogens is 232 g/mol. The van der Waals surface area contributed by atoms with Gasteiger partial charge in [-0.25, -0.2) is 9.48 Å². The summed E-state index contributed by atoms with van der Waals surface area (Å²) in [6, 6.07) is 0. The van der Waals surface area contributed by atoms with Crippen LogP contribution in [0, 0.1) is 5.92 Å². The third-order valence-electron chi connectivity index (χ3n) is 3.07. The van der Waals surface area contributed by atoms with Crippen LogP contribution in [0.2, 0.25) is 0 Å². The number of hydrogen-bond donors (Lipinski definition) is 2. The zero-order valence-electron chi connectivity index (χ0n) is 10.9. The number of nitrogens with one attached hydrogen (secondary N) is 1. The molecule has 0 unspecified atom stereocenters. The molecule has 0 radical (unpaired) electrons. The molecular formula is C12H20N4O2. The van der Waals surface area contributed by atoms with Crippen LogP contribution in [0.3, 0.4) is 0 Å². The van der Waals surface area contributed by atoms with Crippen LogP contribution in [-0.2, 0) is 11.3 Å². The van der Waals surface area contributed by atoms with Gasteiger partial charge in [0.15, 0.2) is 5.82 Å². The van der Waals surface area contributed by atoms with Gasteiger partial charge in [-0.3, -0.25) is 0 Å². The Morgan fingerprint density at radius 3 is 2.89 bits per heavy atom. The van der Waals surface area contributed by atoms with Gasteiger partial charge in [-0.05, 0) is 25.2 Å². The van der Waals surface area contributed by atoms with E-state index in [1.807, 2.05) is 6.92 Å². The Hall–Kier alpha value is -1.72. The third-order valence-corrected chi connectivity index (χ3v) is 3.07. The molecule has 0 spiro atoms. The highest BCUT2D eigenvalue weighted by Gasteiger charge is 2.25. The molecule has 1 heterocycles. The fourth-order valence-corrected chi connectivity index (χ4v) is 1.85. The molecule has 1 aliphatic carbocycles. The van der Waals surface area contributed by atoms with E-state index < -0.39 is 5.97 Å². The molecule has 18 heavy (non-hydrogen) atoms. The van der Waals surface area contributed by atoms with E-state index in [1.54, 1.807) is 4.68 Å². The van der Waals surface area contributed by atoms with Gasteiger partial charge in [-0.2, -0.15) is 5.10 Å². The van der Waals surface area contributed by atoms with Gasteiger partial charge in [0.1, 0.15) is 11.4 Å². The number of aryl methyl sites for hydroxylation is 1. The standard InChI is InChI=1S/C12H20N4O2/c1-3-6-16-10(13)9(12(17)18-2)11(15-16)14-7-8-4-5-8/h8H,3-7,13H2,1-2H3,(H,14,15). The summed E-state index contributed by atoms with van der Waals surface area (Å²) >= 11 is 0. The molecule has 2 rings (SSSR count). The highest BCUT2D eigenvalue weighted by Crippen LogP contribution is 2.30. The molecule has 0 amide bonds. The molecule has 0 atom stereocenters. The maximum Gasteiger partial charge on any atom is 0.345 e. The monoisotopic (exact) mass is 252 g/mol. The summed E-state index contributed by atoms with van der Waals surface area (Å²) in [5, 5.41) is 7.55. The molecule has 3 N–H and O–H groups in total. The summed E-state index contributed by atoms with van der Waals surface area (Å²) in [6.07, 6.45) is 3.39. The Bertz CT molecular complexity index is 438. The molecule has 0 bridgehead atoms. The Kier molecular flexibility index (Phi) is 3.74. The largest absolute Gasteiger partial charge is 0.465 e. The van der Waals surface area contributed by atoms with Crippen LogP contribution in [0.4, 0.5) is 11.6 Å². The van der Waals surface area contributed by atoms with Gasteiger partial charge in [0.05, 0.1) is 7.11 Å². The first-order chi connectivity index (χ1) is 8.67. The van der Waals surface area contributed by atoms with Crippen molar-refractivity contribution >= 4 is 17.6 Å². The minimum absolute atomic E-state index is 0.353. The Morgan fingerprint density at radius 1 is 1.61 bits per heavy atom. The van der Waals surface area contributed by atoms with Crippen LogP contribution in [-0.4, -0.2) is 29.4 Å². The van der Waals surface area contributed by atoms with E-state index in [0.717, 1.165) is 13.0 Å². The summed E-state index contributed by atoms with van der Waals surface area (Å²) in [4.78, 5) is 11.7. The summed E-state index contributed by atoms with van der Waals surface area (Å²) < 4.78 is 6.41. The lowest BCUT2D eigenvalue weighted by molar-refractivity contribution is 0.0603. The van der Waals surface area contributed by atoms with Gasteiger partial charge in [0, 0.05) is 13.1 Å². The van der Waals surface area contributed by atoms with Gasteiger partial charge in [0.2, 0.25) is 0 Å². The average molecular weight is 252 g/mol. The zero-order chi connectivity index (χ0) is 13.1. The van der Waals surface area contributed by atoms with Gasteiger partial charge < -0.3 is 15.8 Å². The molecule has 1 aromatic rings. The number of nitrogens with zero attached hydrogens (tertiary/aromatic N) is 2. The van der Waals surface area contributed by atoms with E-state index in [4.69, 9.17) is 10.5 Å². The number of methoxy groups -OCH3 is 1. The zero-order valence-corrected chi connectivity index (χ0v) is 10.9. The predicted octanol–water partition coefficient (Wildman–Crippen LogP) is 1.48. The molecule has 1 saturated carbocycles. The van der Waals surface area contributed by atoms with Crippen molar-refractivity contribution in [3.63, 3.8) is 0 Å². The van der Waals surface area contributed by atoms with Crippen LogP contribution in [0.25, 0.3) is 0 Å². The maximum absolute atomic E-state index is 11.7. The minimum atomic E-state index is -0.437. The van der Waals surface area contributed by atoms with Crippen molar-refractivity contribution in [1.82, 2.24) is 9.78 Å². The van der Waals surface area contributed by atoms with Crippen LogP contribution in [0.15, 0.2) is 0 Å². The number of ether oxygens (including phenoxy) is 1. The number of rotatable bonds is 6. The van der Waals surface area contributed by atoms with Crippen molar-refractivity contribution in [2.24, 2.45) is 5.92 Å². The lowest BCUT2D eigenvalue weighted by Crippen LogP contribution is -2.10. The van der Waals surface area contributed by atoms with Crippen LogP contribution in [0.5, 0.6) is 0 Å². The second kappa shape index (κ2) is 5.29. The van der Waals surface area contributed by atoms with Crippen molar-refractivity contribution in [1.29, 1.82) is 0 Å². The molecule has 100 valence electrons. The first kappa shape index (κ1) is 12.7. The topological polar surface area (TPSA) is 82.2 Å². The fraction of sp³-hybridized carbons (Fsp3) is 0.667. The van der Waals surface area contributed by atoms with E-state index in [-0.39, 0.29) is 0 Å². The number of hydrogen-bond acceptors (Lipinski definition) is 5. The minimum Gasteiger partial charge on any atom is -0.465 e. The van der Waals surface area contributed by atoms with Crippen molar-refractivity contribution in [3.05, 3.63) is 5.56 Å². The van der Waals surface area contributed by atoms with Crippen molar-refractivity contribution in [2.45, 2.75) is 32.7 Å². The quantitative estimate of drug-likeness (QED) is 0.749. The van der Waals surface area contributed by atoms with E-state index in [0.29, 0.717) is 29.7 Å². The van der Waals surface area contributed by atoms with Crippen molar-refractivity contribution < 1.29 is 9.53 Å². The highest BCUT2D eigenvalue weighted by molar-refractivity contribution is 5.99. The van der Waals surface area contributed by atoms with Crippen LogP contribution in [0.1, 0.15) is 36.5 Å². The Labute approximate surface area is 106 Å². The predicted molar refractivity (Wildman–Crippen MR) is 69.5 cm³/mol. The van der Waals surface area contributed by atoms with E-state index in [9.17, 15) is 4.79 Å². The smallest absolute Gasteiger partial charge is 0.345 e. The van der Waals surface area contributed by atoms with Crippen molar-refractivity contribution in [2.75, 3.05) is 24.7 Å². The number of aromatic nitrogens is 2. The lowest BCUT2D eigenvalue weighted by Gasteiger charge is -2.03. The second-order valence-electron chi connectivity index (χ2n) is 4.65. The van der Waals surface area contributed by atoms with Gasteiger partial charge >= 0.3 is 5.97 Å². The number of nitrogen functional groups attached to an aromatic ring is 1. The SMILES string of the molecule is CCCn1nc(NCC2CC2)c(C(=O)OC)c1N. The molecule has 0 aliphatic heterocycles. The first-order valence-corrected chi connectivity index (χ1v) is 6.35. The van der Waals surface area contributed by atoms with E-state index in [2.05, 4.69) is 10.4 Å². The average Bonchev–Trinajstić information content (AvgIpc) is 3.13. The maximum atomic E-state index is 11.7.